The fourth-order valence-corrected chi connectivity index (χ4v) is 2.18. The molecule has 102 valence electrons. The first-order valence-corrected chi connectivity index (χ1v) is 6.54. The molecular weight excluding hydrogens is 289 g/mol. The van der Waals surface area contributed by atoms with Crippen LogP contribution in [0.15, 0.2) is 12.1 Å². The molecule has 0 aliphatic rings. The number of benzene rings is 1. The van der Waals surface area contributed by atoms with E-state index in [4.69, 9.17) is 23.8 Å². The molecule has 0 saturated carbocycles. The maximum atomic E-state index is 13.5. The molecule has 0 aliphatic heterocycles. The van der Waals surface area contributed by atoms with Crippen molar-refractivity contribution in [1.29, 1.82) is 0 Å². The van der Waals surface area contributed by atoms with Crippen LogP contribution < -0.4 is 0 Å². The number of carbonyl (C=O) groups excluding carboxylic acids is 1. The Kier molecular flexibility index (Phi) is 3.91. The van der Waals surface area contributed by atoms with Crippen LogP contribution in [0.2, 0.25) is 5.02 Å². The number of likely N-dealkylation sites (N-methyl/N-ethyl adjacent to an activating group) is 1. The Hall–Kier alpha value is -1.40. The summed E-state index contributed by atoms with van der Waals surface area (Å²) < 4.78 is 15.4. The molecule has 1 amide bonds. The van der Waals surface area contributed by atoms with Crippen LogP contribution in [-0.2, 0) is 11.3 Å². The number of nitrogens with one attached hydrogen (secondary N) is 1. The van der Waals surface area contributed by atoms with Crippen LogP contribution in [0.4, 0.5) is 4.39 Å². The highest BCUT2D eigenvalue weighted by atomic mass is 35.5. The van der Waals surface area contributed by atoms with Crippen LogP contribution in [0.1, 0.15) is 6.92 Å². The first-order valence-electron chi connectivity index (χ1n) is 5.75. The lowest BCUT2D eigenvalue weighted by Gasteiger charge is -2.15. The Morgan fingerprint density at radius 2 is 2.26 bits per heavy atom. The summed E-state index contributed by atoms with van der Waals surface area (Å²) in [5, 5.41) is 0.0212. The van der Waals surface area contributed by atoms with Crippen LogP contribution in [0.25, 0.3) is 11.0 Å². The van der Waals surface area contributed by atoms with Crippen molar-refractivity contribution < 1.29 is 9.18 Å². The van der Waals surface area contributed by atoms with Crippen molar-refractivity contribution in [1.82, 2.24) is 14.5 Å². The van der Waals surface area contributed by atoms with E-state index >= 15 is 0 Å². The van der Waals surface area contributed by atoms with Gasteiger partial charge < -0.3 is 14.5 Å². The zero-order valence-corrected chi connectivity index (χ0v) is 12.1. The van der Waals surface area contributed by atoms with Gasteiger partial charge in [-0.3, -0.25) is 4.79 Å². The Morgan fingerprint density at radius 3 is 2.89 bits per heavy atom. The van der Waals surface area contributed by atoms with Gasteiger partial charge in [-0.25, -0.2) is 4.39 Å². The summed E-state index contributed by atoms with van der Waals surface area (Å²) in [7, 11) is 1.71. The Labute approximate surface area is 119 Å². The molecule has 1 aromatic carbocycles. The van der Waals surface area contributed by atoms with Gasteiger partial charge in [-0.1, -0.05) is 11.6 Å². The minimum Gasteiger partial charge on any atom is -0.344 e. The van der Waals surface area contributed by atoms with E-state index < -0.39 is 5.82 Å². The maximum Gasteiger partial charge on any atom is 0.242 e. The molecule has 0 aliphatic carbocycles. The van der Waals surface area contributed by atoms with Crippen molar-refractivity contribution in [3.8, 4) is 0 Å². The summed E-state index contributed by atoms with van der Waals surface area (Å²) >= 11 is 10.9. The van der Waals surface area contributed by atoms with E-state index in [-0.39, 0.29) is 17.5 Å². The second kappa shape index (κ2) is 5.30. The minimum absolute atomic E-state index is 0.0212. The number of amides is 1. The average molecular weight is 302 g/mol. The molecule has 0 radical (unpaired) electrons. The smallest absolute Gasteiger partial charge is 0.242 e. The number of aromatic amines is 1. The Bertz CT molecular complexity index is 694. The van der Waals surface area contributed by atoms with Crippen molar-refractivity contribution in [3.63, 3.8) is 0 Å². The molecule has 2 aromatic rings. The summed E-state index contributed by atoms with van der Waals surface area (Å²) in [6, 6.07) is 2.75. The molecule has 7 heteroatoms. The first kappa shape index (κ1) is 14.0. The van der Waals surface area contributed by atoms with E-state index in [1.54, 1.807) is 16.5 Å². The number of imidazole rings is 1. The highest BCUT2D eigenvalue weighted by molar-refractivity contribution is 7.71. The van der Waals surface area contributed by atoms with Crippen molar-refractivity contribution in [2.75, 3.05) is 13.6 Å². The normalized spacial score (nSPS) is 10.9. The van der Waals surface area contributed by atoms with Crippen LogP contribution in [-0.4, -0.2) is 34.0 Å². The predicted molar refractivity (Wildman–Crippen MR) is 75.4 cm³/mol. The van der Waals surface area contributed by atoms with Gasteiger partial charge >= 0.3 is 0 Å². The second-order valence-corrected chi connectivity index (χ2v) is 5.00. The van der Waals surface area contributed by atoms with Gasteiger partial charge in [0, 0.05) is 19.7 Å². The number of carbonyl (C=O) groups is 1. The lowest BCUT2D eigenvalue weighted by Crippen LogP contribution is -2.29. The minimum atomic E-state index is -0.534. The largest absolute Gasteiger partial charge is 0.344 e. The number of hydrogen-bond acceptors (Lipinski definition) is 2. The van der Waals surface area contributed by atoms with Crippen LogP contribution in [0.3, 0.4) is 0 Å². The zero-order chi connectivity index (χ0) is 14.2. The lowest BCUT2D eigenvalue weighted by molar-refractivity contribution is -0.130. The highest BCUT2D eigenvalue weighted by Crippen LogP contribution is 2.22. The number of nitrogens with zero attached hydrogens (tertiary/aromatic N) is 2. The number of H-pyrrole nitrogens is 1. The molecule has 4 nitrogen and oxygen atoms in total. The standard InChI is InChI=1S/C12H13ClFN3OS/c1-3-16(2)11(18)6-17-10-5-8(14)7(13)4-9(10)15-12(17)19/h4-5H,3,6H2,1-2H3,(H,15,19). The molecule has 0 fully saturated rings. The summed E-state index contributed by atoms with van der Waals surface area (Å²) in [4.78, 5) is 16.4. The van der Waals surface area contributed by atoms with Gasteiger partial charge in [0.15, 0.2) is 4.77 Å². The topological polar surface area (TPSA) is 41.0 Å². The van der Waals surface area contributed by atoms with Gasteiger partial charge in [-0.2, -0.15) is 0 Å². The molecule has 0 spiro atoms. The molecule has 1 heterocycles. The SMILES string of the molecule is CCN(C)C(=O)Cn1c(=S)[nH]c2cc(Cl)c(F)cc21. The van der Waals surface area contributed by atoms with E-state index in [2.05, 4.69) is 4.98 Å². The number of halogens is 2. The van der Waals surface area contributed by atoms with E-state index in [0.717, 1.165) is 0 Å². The Balaban J connectivity index is 2.49. The maximum absolute atomic E-state index is 13.5. The van der Waals surface area contributed by atoms with E-state index in [1.807, 2.05) is 6.92 Å². The fraction of sp³-hybridized carbons (Fsp3) is 0.333. The van der Waals surface area contributed by atoms with E-state index in [9.17, 15) is 9.18 Å². The number of fused-ring (bicyclic) bond motifs is 1. The molecule has 19 heavy (non-hydrogen) atoms. The summed E-state index contributed by atoms with van der Waals surface area (Å²) in [5.74, 6) is -0.622. The van der Waals surface area contributed by atoms with Crippen molar-refractivity contribution in [3.05, 3.63) is 27.7 Å². The number of aromatic nitrogens is 2. The van der Waals surface area contributed by atoms with Gasteiger partial charge in [-0.05, 0) is 25.2 Å². The molecule has 0 saturated heterocycles. The first-order chi connectivity index (χ1) is 8.93. The zero-order valence-electron chi connectivity index (χ0n) is 10.5. The third-order valence-electron chi connectivity index (χ3n) is 3.01. The summed E-state index contributed by atoms with van der Waals surface area (Å²) in [6.45, 7) is 2.56. The molecule has 1 N–H and O–H groups in total. The van der Waals surface area contributed by atoms with Gasteiger partial charge in [0.2, 0.25) is 5.91 Å². The van der Waals surface area contributed by atoms with Crippen LogP contribution in [0.5, 0.6) is 0 Å². The van der Waals surface area contributed by atoms with Crippen molar-refractivity contribution in [2.45, 2.75) is 13.5 Å². The number of rotatable bonds is 3. The predicted octanol–water partition coefficient (Wildman–Crippen LogP) is 2.97. The Morgan fingerprint density at radius 1 is 1.58 bits per heavy atom. The van der Waals surface area contributed by atoms with Crippen molar-refractivity contribution >= 4 is 40.8 Å². The van der Waals surface area contributed by atoms with Crippen LogP contribution in [0, 0.1) is 10.6 Å². The van der Waals surface area contributed by atoms with E-state index in [0.29, 0.717) is 22.3 Å². The molecule has 0 bridgehead atoms. The third kappa shape index (κ3) is 2.64. The molecule has 1 aromatic heterocycles. The van der Waals surface area contributed by atoms with E-state index in [1.165, 1.54) is 12.1 Å². The molecule has 0 unspecified atom stereocenters. The summed E-state index contributed by atoms with van der Waals surface area (Å²) in [6.07, 6.45) is 0. The van der Waals surface area contributed by atoms with Crippen LogP contribution >= 0.6 is 23.8 Å². The lowest BCUT2D eigenvalue weighted by atomic mass is 10.3. The average Bonchev–Trinajstić information content (AvgIpc) is 2.65. The molecule has 0 atom stereocenters. The fourth-order valence-electron chi connectivity index (χ4n) is 1.74. The molecular formula is C12H13ClFN3OS. The third-order valence-corrected chi connectivity index (χ3v) is 3.62. The van der Waals surface area contributed by atoms with Gasteiger partial charge in [-0.15, -0.1) is 0 Å². The quantitative estimate of drug-likeness (QED) is 0.886. The number of hydrogen-bond donors (Lipinski definition) is 1. The van der Waals surface area contributed by atoms with Gasteiger partial charge in [0.1, 0.15) is 12.4 Å². The second-order valence-electron chi connectivity index (χ2n) is 4.21. The highest BCUT2D eigenvalue weighted by Gasteiger charge is 2.13. The molecule has 2 rings (SSSR count). The monoisotopic (exact) mass is 301 g/mol. The van der Waals surface area contributed by atoms with Crippen molar-refractivity contribution in [2.24, 2.45) is 0 Å². The van der Waals surface area contributed by atoms with Gasteiger partial charge in [0.25, 0.3) is 0 Å². The van der Waals surface area contributed by atoms with Gasteiger partial charge in [0.05, 0.1) is 16.1 Å². The summed E-state index contributed by atoms with van der Waals surface area (Å²) in [5.41, 5.74) is 1.15.